The number of rotatable bonds is 4. The first-order valence-electron chi connectivity index (χ1n) is 8.38. The standard InChI is InChI=1S/C20H23NO2/c22-19-13-16(11-15-7-3-1-4-8-15)12-18(14-19)21-20(23)17-9-5-2-6-10-17/h1,3-4,7-8,12-14,17,22H,2,5-6,9-11H2,(H,21,23). The molecule has 1 aliphatic rings. The lowest BCUT2D eigenvalue weighted by Crippen LogP contribution is -2.24. The van der Waals surface area contributed by atoms with Crippen molar-refractivity contribution in [1.29, 1.82) is 0 Å². The number of carbonyl (C=O) groups excluding carboxylic acids is 1. The third-order valence-electron chi connectivity index (χ3n) is 4.47. The van der Waals surface area contributed by atoms with Crippen LogP contribution in [0.3, 0.4) is 0 Å². The zero-order valence-corrected chi connectivity index (χ0v) is 13.3. The molecular formula is C20H23NO2. The highest BCUT2D eigenvalue weighted by atomic mass is 16.3. The normalized spacial score (nSPS) is 15.3. The highest BCUT2D eigenvalue weighted by molar-refractivity contribution is 5.92. The summed E-state index contributed by atoms with van der Waals surface area (Å²) in [6, 6.07) is 15.4. The fraction of sp³-hybridized carbons (Fsp3) is 0.350. The topological polar surface area (TPSA) is 49.3 Å². The van der Waals surface area contributed by atoms with Crippen LogP contribution in [0.4, 0.5) is 5.69 Å². The molecular weight excluding hydrogens is 286 g/mol. The van der Waals surface area contributed by atoms with Gasteiger partial charge in [0.25, 0.3) is 0 Å². The van der Waals surface area contributed by atoms with E-state index in [0.717, 1.165) is 37.7 Å². The second-order valence-electron chi connectivity index (χ2n) is 6.37. The smallest absolute Gasteiger partial charge is 0.227 e. The van der Waals surface area contributed by atoms with Crippen molar-refractivity contribution in [2.75, 3.05) is 5.32 Å². The molecule has 0 bridgehead atoms. The van der Waals surface area contributed by atoms with Crippen LogP contribution in [0.5, 0.6) is 5.75 Å². The van der Waals surface area contributed by atoms with Crippen molar-refractivity contribution in [3.63, 3.8) is 0 Å². The Bertz CT molecular complexity index is 661. The summed E-state index contributed by atoms with van der Waals surface area (Å²) in [5, 5.41) is 12.9. The van der Waals surface area contributed by atoms with Gasteiger partial charge in [-0.05, 0) is 42.5 Å². The average Bonchev–Trinajstić information content (AvgIpc) is 2.56. The molecule has 1 aliphatic carbocycles. The SMILES string of the molecule is O=C(Nc1cc(O)cc(Cc2ccccc2)c1)C1CCCCC1. The Morgan fingerprint density at radius 3 is 2.48 bits per heavy atom. The summed E-state index contributed by atoms with van der Waals surface area (Å²) in [7, 11) is 0. The lowest BCUT2D eigenvalue weighted by atomic mass is 9.88. The summed E-state index contributed by atoms with van der Waals surface area (Å²) < 4.78 is 0. The maximum atomic E-state index is 12.4. The molecule has 2 N–H and O–H groups in total. The second kappa shape index (κ2) is 7.32. The van der Waals surface area contributed by atoms with Gasteiger partial charge < -0.3 is 10.4 Å². The number of amides is 1. The predicted octanol–water partition coefficient (Wildman–Crippen LogP) is 4.50. The monoisotopic (exact) mass is 309 g/mol. The molecule has 0 heterocycles. The van der Waals surface area contributed by atoms with Crippen molar-refractivity contribution >= 4 is 11.6 Å². The van der Waals surface area contributed by atoms with Crippen LogP contribution in [-0.4, -0.2) is 11.0 Å². The van der Waals surface area contributed by atoms with Crippen molar-refractivity contribution < 1.29 is 9.90 Å². The Labute approximate surface area is 137 Å². The summed E-state index contributed by atoms with van der Waals surface area (Å²) in [6.45, 7) is 0. The van der Waals surface area contributed by atoms with E-state index in [1.165, 1.54) is 12.0 Å². The number of hydrogen-bond acceptors (Lipinski definition) is 2. The van der Waals surface area contributed by atoms with Gasteiger partial charge in [-0.1, -0.05) is 49.6 Å². The predicted molar refractivity (Wildman–Crippen MR) is 92.6 cm³/mol. The first kappa shape index (κ1) is 15.6. The van der Waals surface area contributed by atoms with Gasteiger partial charge in [-0.3, -0.25) is 4.79 Å². The largest absolute Gasteiger partial charge is 0.508 e. The van der Waals surface area contributed by atoms with E-state index in [4.69, 9.17) is 0 Å². The van der Waals surface area contributed by atoms with E-state index in [2.05, 4.69) is 17.4 Å². The summed E-state index contributed by atoms with van der Waals surface area (Å²) in [4.78, 5) is 12.4. The number of phenols is 1. The molecule has 2 aromatic carbocycles. The van der Waals surface area contributed by atoms with Crippen LogP contribution >= 0.6 is 0 Å². The minimum Gasteiger partial charge on any atom is -0.508 e. The number of nitrogens with one attached hydrogen (secondary N) is 1. The van der Waals surface area contributed by atoms with Gasteiger partial charge in [0.1, 0.15) is 5.75 Å². The van der Waals surface area contributed by atoms with Gasteiger partial charge in [-0.2, -0.15) is 0 Å². The number of carbonyl (C=O) groups is 1. The van der Waals surface area contributed by atoms with Gasteiger partial charge >= 0.3 is 0 Å². The first-order chi connectivity index (χ1) is 11.2. The van der Waals surface area contributed by atoms with Gasteiger partial charge in [0, 0.05) is 17.7 Å². The lowest BCUT2D eigenvalue weighted by molar-refractivity contribution is -0.120. The Hall–Kier alpha value is -2.29. The zero-order valence-electron chi connectivity index (χ0n) is 13.3. The molecule has 2 aromatic rings. The van der Waals surface area contributed by atoms with Crippen LogP contribution in [0.15, 0.2) is 48.5 Å². The maximum Gasteiger partial charge on any atom is 0.227 e. The quantitative estimate of drug-likeness (QED) is 0.873. The van der Waals surface area contributed by atoms with E-state index in [0.29, 0.717) is 5.69 Å². The van der Waals surface area contributed by atoms with Crippen LogP contribution in [0.25, 0.3) is 0 Å². The number of benzene rings is 2. The van der Waals surface area contributed by atoms with Crippen molar-refractivity contribution in [1.82, 2.24) is 0 Å². The minimum atomic E-state index is 0.0842. The molecule has 0 aliphatic heterocycles. The first-order valence-corrected chi connectivity index (χ1v) is 8.38. The highest BCUT2D eigenvalue weighted by Crippen LogP contribution is 2.27. The molecule has 120 valence electrons. The highest BCUT2D eigenvalue weighted by Gasteiger charge is 2.21. The van der Waals surface area contributed by atoms with Crippen molar-refractivity contribution in [3.8, 4) is 5.75 Å². The molecule has 1 saturated carbocycles. The van der Waals surface area contributed by atoms with Gasteiger partial charge in [-0.15, -0.1) is 0 Å². The zero-order chi connectivity index (χ0) is 16.1. The van der Waals surface area contributed by atoms with Crippen molar-refractivity contribution in [2.45, 2.75) is 38.5 Å². The molecule has 3 heteroatoms. The molecule has 0 saturated heterocycles. The molecule has 0 spiro atoms. The van der Waals surface area contributed by atoms with E-state index in [1.54, 1.807) is 12.1 Å². The molecule has 0 atom stereocenters. The number of hydrogen-bond donors (Lipinski definition) is 2. The fourth-order valence-electron chi connectivity index (χ4n) is 3.29. The number of phenolic OH excluding ortho intramolecular Hbond substituents is 1. The molecule has 1 fully saturated rings. The van der Waals surface area contributed by atoms with Gasteiger partial charge in [0.05, 0.1) is 0 Å². The second-order valence-corrected chi connectivity index (χ2v) is 6.37. The van der Waals surface area contributed by atoms with E-state index in [9.17, 15) is 9.90 Å². The molecule has 23 heavy (non-hydrogen) atoms. The fourth-order valence-corrected chi connectivity index (χ4v) is 3.29. The van der Waals surface area contributed by atoms with Crippen LogP contribution < -0.4 is 5.32 Å². The molecule has 0 aromatic heterocycles. The molecule has 0 unspecified atom stereocenters. The van der Waals surface area contributed by atoms with Gasteiger partial charge in [-0.25, -0.2) is 0 Å². The maximum absolute atomic E-state index is 12.4. The average molecular weight is 309 g/mol. The molecule has 3 nitrogen and oxygen atoms in total. The Morgan fingerprint density at radius 2 is 1.74 bits per heavy atom. The van der Waals surface area contributed by atoms with E-state index < -0.39 is 0 Å². The summed E-state index contributed by atoms with van der Waals surface area (Å²) in [5.41, 5.74) is 2.87. The van der Waals surface area contributed by atoms with Crippen molar-refractivity contribution in [2.24, 2.45) is 5.92 Å². The van der Waals surface area contributed by atoms with E-state index in [1.807, 2.05) is 24.3 Å². The number of anilines is 1. The van der Waals surface area contributed by atoms with Crippen LogP contribution in [-0.2, 0) is 11.2 Å². The van der Waals surface area contributed by atoms with Gasteiger partial charge in [0.15, 0.2) is 0 Å². The third-order valence-corrected chi connectivity index (χ3v) is 4.47. The summed E-state index contributed by atoms with van der Waals surface area (Å²) in [6.07, 6.45) is 6.19. The van der Waals surface area contributed by atoms with Gasteiger partial charge in [0.2, 0.25) is 5.91 Å². The molecule has 3 rings (SSSR count). The number of aromatic hydroxyl groups is 1. The minimum absolute atomic E-state index is 0.0842. The Balaban J connectivity index is 1.71. The molecule has 0 radical (unpaired) electrons. The van der Waals surface area contributed by atoms with Crippen molar-refractivity contribution in [3.05, 3.63) is 59.7 Å². The summed E-state index contributed by atoms with van der Waals surface area (Å²) >= 11 is 0. The third kappa shape index (κ3) is 4.35. The van der Waals surface area contributed by atoms with Crippen LogP contribution in [0.1, 0.15) is 43.2 Å². The van der Waals surface area contributed by atoms with E-state index >= 15 is 0 Å². The molecule has 1 amide bonds. The van der Waals surface area contributed by atoms with Crippen LogP contribution in [0.2, 0.25) is 0 Å². The summed E-state index contributed by atoms with van der Waals surface area (Å²) in [5.74, 6) is 0.391. The lowest BCUT2D eigenvalue weighted by Gasteiger charge is -2.21. The Kier molecular flexibility index (Phi) is 4.96. The van der Waals surface area contributed by atoms with E-state index in [-0.39, 0.29) is 17.6 Å². The Morgan fingerprint density at radius 1 is 1.00 bits per heavy atom. The van der Waals surface area contributed by atoms with Crippen LogP contribution in [0, 0.1) is 5.92 Å².